The van der Waals surface area contributed by atoms with Gasteiger partial charge in [-0.15, -0.1) is 0 Å². The number of hydrogen-bond acceptors (Lipinski definition) is 8. The van der Waals surface area contributed by atoms with Crippen LogP contribution in [0.3, 0.4) is 0 Å². The third-order valence-corrected chi connectivity index (χ3v) is 7.48. The van der Waals surface area contributed by atoms with Gasteiger partial charge in [0.2, 0.25) is 5.91 Å². The van der Waals surface area contributed by atoms with Crippen LogP contribution in [-0.4, -0.2) is 61.4 Å². The third-order valence-electron chi connectivity index (χ3n) is 6.58. The van der Waals surface area contributed by atoms with E-state index in [1.807, 2.05) is 19.1 Å². The van der Waals surface area contributed by atoms with E-state index in [1.54, 1.807) is 48.5 Å². The van der Waals surface area contributed by atoms with Crippen LogP contribution in [0.4, 0.5) is 20.6 Å². The molecule has 3 amide bonds. The first-order valence-electron chi connectivity index (χ1n) is 13.5. The highest BCUT2D eigenvalue weighted by molar-refractivity contribution is 8.18. The number of rotatable bonds is 10. The lowest BCUT2D eigenvalue weighted by atomic mass is 10.1. The van der Waals surface area contributed by atoms with Gasteiger partial charge in [0.25, 0.3) is 11.1 Å². The number of carbonyl (C=O) groups is 3. The topological polar surface area (TPSA) is 97.4 Å². The van der Waals surface area contributed by atoms with Crippen molar-refractivity contribution in [3.8, 4) is 11.5 Å². The van der Waals surface area contributed by atoms with Gasteiger partial charge in [-0.1, -0.05) is 18.2 Å². The summed E-state index contributed by atoms with van der Waals surface area (Å²) in [5, 5.41) is 2.23. The molecule has 0 unspecified atom stereocenters. The first-order valence-corrected chi connectivity index (χ1v) is 14.3. The van der Waals surface area contributed by atoms with Crippen LogP contribution >= 0.6 is 11.8 Å². The van der Waals surface area contributed by atoms with Gasteiger partial charge in [0.15, 0.2) is 11.5 Å². The molecule has 0 saturated carbocycles. The molecule has 1 N–H and O–H groups in total. The predicted molar refractivity (Wildman–Crippen MR) is 159 cm³/mol. The molecule has 42 heavy (non-hydrogen) atoms. The molecule has 5 rings (SSSR count). The zero-order valence-electron chi connectivity index (χ0n) is 23.0. The van der Waals surface area contributed by atoms with Crippen molar-refractivity contribution in [3.05, 3.63) is 88.6 Å². The van der Waals surface area contributed by atoms with Gasteiger partial charge in [0, 0.05) is 24.5 Å². The lowest BCUT2D eigenvalue weighted by Gasteiger charge is -2.28. The summed E-state index contributed by atoms with van der Waals surface area (Å²) >= 11 is 0.775. The van der Waals surface area contributed by atoms with E-state index in [4.69, 9.17) is 14.2 Å². The normalized spacial score (nSPS) is 16.2. The summed E-state index contributed by atoms with van der Waals surface area (Å²) in [7, 11) is 0. The van der Waals surface area contributed by atoms with Gasteiger partial charge < -0.3 is 24.4 Å². The molecular formula is C31H30FN3O6S. The molecular weight excluding hydrogens is 561 g/mol. The van der Waals surface area contributed by atoms with Gasteiger partial charge in [0.05, 0.1) is 24.7 Å². The van der Waals surface area contributed by atoms with Gasteiger partial charge in [-0.25, -0.2) is 4.39 Å². The highest BCUT2D eigenvalue weighted by Gasteiger charge is 2.36. The van der Waals surface area contributed by atoms with E-state index in [2.05, 4.69) is 10.2 Å². The molecule has 0 aliphatic carbocycles. The Hall–Kier alpha value is -4.35. The van der Waals surface area contributed by atoms with Crippen molar-refractivity contribution >= 4 is 46.3 Å². The summed E-state index contributed by atoms with van der Waals surface area (Å²) in [6, 6.07) is 18.6. The first kappa shape index (κ1) is 29.2. The number of halogens is 1. The molecule has 0 spiro atoms. The lowest BCUT2D eigenvalue weighted by molar-refractivity contribution is -0.127. The van der Waals surface area contributed by atoms with Gasteiger partial charge in [0.1, 0.15) is 19.0 Å². The fraction of sp³-hybridized carbons (Fsp3) is 0.258. The summed E-state index contributed by atoms with van der Waals surface area (Å²) in [6.45, 7) is 5.02. The van der Waals surface area contributed by atoms with Crippen LogP contribution < -0.4 is 19.7 Å². The van der Waals surface area contributed by atoms with Crippen molar-refractivity contribution in [2.24, 2.45) is 0 Å². The van der Waals surface area contributed by atoms with Gasteiger partial charge in [-0.05, 0) is 84.4 Å². The van der Waals surface area contributed by atoms with Crippen LogP contribution in [0.2, 0.25) is 0 Å². The highest BCUT2D eigenvalue weighted by atomic mass is 32.2. The average Bonchev–Trinajstić information content (AvgIpc) is 3.25. The van der Waals surface area contributed by atoms with Crippen LogP contribution in [0, 0.1) is 5.82 Å². The maximum Gasteiger partial charge on any atom is 0.294 e. The Balaban J connectivity index is 1.20. The molecule has 9 nitrogen and oxygen atoms in total. The maximum atomic E-state index is 13.2. The molecule has 2 saturated heterocycles. The Morgan fingerprint density at radius 2 is 1.74 bits per heavy atom. The number of nitrogens with zero attached hydrogens (tertiary/aromatic N) is 2. The first-order chi connectivity index (χ1) is 20.4. The van der Waals surface area contributed by atoms with Crippen molar-refractivity contribution in [1.29, 1.82) is 0 Å². The molecule has 3 aromatic rings. The summed E-state index contributed by atoms with van der Waals surface area (Å²) < 4.78 is 30.2. The zero-order valence-corrected chi connectivity index (χ0v) is 23.8. The number of carbonyl (C=O) groups excluding carboxylic acids is 3. The standard InChI is InChI=1S/C31H30FN3O6S/c1-2-40-27-17-22(5-12-26(27)41-20-21-3-6-23(32)7-4-21)18-28-30(37)35(31(38)42-28)19-29(36)33-24-8-10-25(11-9-24)34-13-15-39-16-14-34/h3-12,17-18H,2,13-16,19-20H2,1H3,(H,33,36)/b28-18-. The van der Waals surface area contributed by atoms with E-state index < -0.39 is 23.6 Å². The van der Waals surface area contributed by atoms with Gasteiger partial charge in [-0.2, -0.15) is 0 Å². The molecule has 11 heteroatoms. The second kappa shape index (κ2) is 13.5. The van der Waals surface area contributed by atoms with Crippen molar-refractivity contribution in [3.63, 3.8) is 0 Å². The third kappa shape index (κ3) is 7.29. The fourth-order valence-corrected chi connectivity index (χ4v) is 5.29. The largest absolute Gasteiger partial charge is 0.490 e. The molecule has 0 aromatic heterocycles. The van der Waals surface area contributed by atoms with E-state index >= 15 is 0 Å². The number of hydrogen-bond donors (Lipinski definition) is 1. The molecule has 2 aliphatic heterocycles. The highest BCUT2D eigenvalue weighted by Crippen LogP contribution is 2.35. The summed E-state index contributed by atoms with van der Waals surface area (Å²) in [5.74, 6) is -0.387. The van der Waals surface area contributed by atoms with Gasteiger partial charge in [-0.3, -0.25) is 19.3 Å². The van der Waals surface area contributed by atoms with Crippen molar-refractivity contribution < 1.29 is 33.0 Å². The molecule has 2 fully saturated rings. The quantitative estimate of drug-likeness (QED) is 0.317. The summed E-state index contributed by atoms with van der Waals surface area (Å²) in [6.07, 6.45) is 1.58. The minimum atomic E-state index is -0.544. The number of nitrogens with one attached hydrogen (secondary N) is 1. The van der Waals surface area contributed by atoms with E-state index in [1.165, 1.54) is 12.1 Å². The van der Waals surface area contributed by atoms with E-state index in [0.717, 1.165) is 41.0 Å². The predicted octanol–water partition coefficient (Wildman–Crippen LogP) is 5.32. The molecule has 218 valence electrons. The van der Waals surface area contributed by atoms with Crippen molar-refractivity contribution in [1.82, 2.24) is 4.90 Å². The number of ether oxygens (including phenoxy) is 3. The Morgan fingerprint density at radius 1 is 1.00 bits per heavy atom. The van der Waals surface area contributed by atoms with Crippen molar-refractivity contribution in [2.75, 3.05) is 49.7 Å². The van der Waals surface area contributed by atoms with Crippen LogP contribution in [0.15, 0.2) is 71.6 Å². The van der Waals surface area contributed by atoms with Crippen LogP contribution in [0.1, 0.15) is 18.1 Å². The number of imide groups is 1. The molecule has 3 aromatic carbocycles. The molecule has 2 heterocycles. The Labute approximate surface area is 247 Å². The number of anilines is 2. The Kier molecular flexibility index (Phi) is 9.40. The van der Waals surface area contributed by atoms with E-state index in [9.17, 15) is 18.8 Å². The lowest BCUT2D eigenvalue weighted by Crippen LogP contribution is -2.36. The van der Waals surface area contributed by atoms with E-state index in [0.29, 0.717) is 42.6 Å². The molecule has 0 bridgehead atoms. The van der Waals surface area contributed by atoms with Crippen LogP contribution in [0.25, 0.3) is 6.08 Å². The summed E-state index contributed by atoms with van der Waals surface area (Å²) in [5.41, 5.74) is 3.03. The van der Waals surface area contributed by atoms with Crippen LogP contribution in [0.5, 0.6) is 11.5 Å². The molecule has 0 radical (unpaired) electrons. The Bertz CT molecular complexity index is 1470. The average molecular weight is 592 g/mol. The summed E-state index contributed by atoms with van der Waals surface area (Å²) in [4.78, 5) is 41.7. The number of morpholine rings is 1. The maximum absolute atomic E-state index is 13.2. The second-order valence-electron chi connectivity index (χ2n) is 9.52. The van der Waals surface area contributed by atoms with Gasteiger partial charge >= 0.3 is 0 Å². The monoisotopic (exact) mass is 591 g/mol. The molecule has 2 aliphatic rings. The SMILES string of the molecule is CCOc1cc(/C=C2\SC(=O)N(CC(=O)Nc3ccc(N4CCOCC4)cc3)C2=O)ccc1OCc1ccc(F)cc1. The number of benzene rings is 3. The second-order valence-corrected chi connectivity index (χ2v) is 10.5. The van der Waals surface area contributed by atoms with Crippen LogP contribution in [-0.2, 0) is 20.9 Å². The zero-order chi connectivity index (χ0) is 29.5. The van der Waals surface area contributed by atoms with Crippen molar-refractivity contribution in [2.45, 2.75) is 13.5 Å². The Morgan fingerprint density at radius 3 is 2.45 bits per heavy atom. The molecule has 0 atom stereocenters. The minimum absolute atomic E-state index is 0.199. The number of thioether (sulfide) groups is 1. The van der Waals surface area contributed by atoms with E-state index in [-0.39, 0.29) is 17.3 Å². The smallest absolute Gasteiger partial charge is 0.294 e. The fourth-order valence-electron chi connectivity index (χ4n) is 4.45. The number of amides is 3. The minimum Gasteiger partial charge on any atom is -0.490 e.